The topological polar surface area (TPSA) is 64.1 Å². The third kappa shape index (κ3) is 3.51. The van der Waals surface area contributed by atoms with Crippen LogP contribution in [-0.2, 0) is 12.8 Å². The van der Waals surface area contributed by atoms with Crippen LogP contribution in [0, 0.1) is 0 Å². The molecule has 0 saturated carbocycles. The lowest BCUT2D eigenvalue weighted by Gasteiger charge is -2.18. The van der Waals surface area contributed by atoms with Gasteiger partial charge in [0, 0.05) is 10.7 Å². The number of aryl methyl sites for hydroxylation is 1. The Kier molecular flexibility index (Phi) is 5.01. The lowest BCUT2D eigenvalue weighted by Crippen LogP contribution is -2.30. The standard InChI is InChI=1S/C16H20ClN3/c1-2-11-3-5-12(6-4-11)9-16(20-19)14-8-7-13(17)10-15(14)18/h3-8,10,16,20H,2,9,18-19H2,1H3. The lowest BCUT2D eigenvalue weighted by atomic mass is 9.97. The zero-order valence-corrected chi connectivity index (χ0v) is 12.3. The monoisotopic (exact) mass is 289 g/mol. The summed E-state index contributed by atoms with van der Waals surface area (Å²) in [5.74, 6) is 5.68. The molecule has 2 aromatic rings. The highest BCUT2D eigenvalue weighted by Crippen LogP contribution is 2.26. The first kappa shape index (κ1) is 14.9. The SMILES string of the molecule is CCc1ccc(CC(NN)c2ccc(Cl)cc2N)cc1. The maximum Gasteiger partial charge on any atom is 0.0520 e. The van der Waals surface area contributed by atoms with E-state index in [1.807, 2.05) is 12.1 Å². The van der Waals surface area contributed by atoms with Crippen molar-refractivity contribution in [2.75, 3.05) is 5.73 Å². The molecule has 2 rings (SSSR count). The third-order valence-electron chi connectivity index (χ3n) is 3.50. The first-order chi connectivity index (χ1) is 9.63. The van der Waals surface area contributed by atoms with Crippen LogP contribution in [0.2, 0.25) is 5.02 Å². The summed E-state index contributed by atoms with van der Waals surface area (Å²) in [5.41, 5.74) is 13.0. The summed E-state index contributed by atoms with van der Waals surface area (Å²) in [7, 11) is 0. The Morgan fingerprint density at radius 1 is 1.10 bits per heavy atom. The van der Waals surface area contributed by atoms with Gasteiger partial charge in [0.15, 0.2) is 0 Å². The highest BCUT2D eigenvalue weighted by atomic mass is 35.5. The number of hydrogen-bond donors (Lipinski definition) is 3. The Balaban J connectivity index is 2.19. The highest BCUT2D eigenvalue weighted by molar-refractivity contribution is 6.30. The van der Waals surface area contributed by atoms with Crippen molar-refractivity contribution in [3.05, 3.63) is 64.2 Å². The van der Waals surface area contributed by atoms with Gasteiger partial charge in [-0.25, -0.2) is 0 Å². The van der Waals surface area contributed by atoms with Crippen LogP contribution < -0.4 is 17.0 Å². The van der Waals surface area contributed by atoms with Gasteiger partial charge in [0.1, 0.15) is 0 Å². The van der Waals surface area contributed by atoms with Crippen molar-refractivity contribution in [2.45, 2.75) is 25.8 Å². The zero-order valence-electron chi connectivity index (χ0n) is 11.6. The Morgan fingerprint density at radius 2 is 1.75 bits per heavy atom. The van der Waals surface area contributed by atoms with Gasteiger partial charge < -0.3 is 5.73 Å². The fourth-order valence-corrected chi connectivity index (χ4v) is 2.45. The number of hydrazine groups is 1. The van der Waals surface area contributed by atoms with E-state index in [4.69, 9.17) is 23.2 Å². The first-order valence-electron chi connectivity index (χ1n) is 6.73. The molecular formula is C16H20ClN3. The van der Waals surface area contributed by atoms with E-state index >= 15 is 0 Å². The third-order valence-corrected chi connectivity index (χ3v) is 3.73. The molecule has 0 aliphatic carbocycles. The normalized spacial score (nSPS) is 12.3. The molecule has 1 unspecified atom stereocenters. The minimum absolute atomic E-state index is 0.0280. The summed E-state index contributed by atoms with van der Waals surface area (Å²) in [6.07, 6.45) is 1.83. The van der Waals surface area contributed by atoms with Crippen molar-refractivity contribution in [2.24, 2.45) is 5.84 Å². The van der Waals surface area contributed by atoms with Crippen LogP contribution >= 0.6 is 11.6 Å². The van der Waals surface area contributed by atoms with Crippen molar-refractivity contribution in [1.82, 2.24) is 5.43 Å². The van der Waals surface area contributed by atoms with Gasteiger partial charge in [-0.15, -0.1) is 0 Å². The number of anilines is 1. The number of nitrogens with two attached hydrogens (primary N) is 2. The van der Waals surface area contributed by atoms with Crippen LogP contribution in [0.5, 0.6) is 0 Å². The molecule has 0 fully saturated rings. The van der Waals surface area contributed by atoms with Crippen LogP contribution in [-0.4, -0.2) is 0 Å². The molecule has 0 heterocycles. The van der Waals surface area contributed by atoms with Crippen LogP contribution in [0.3, 0.4) is 0 Å². The smallest absolute Gasteiger partial charge is 0.0520 e. The van der Waals surface area contributed by atoms with E-state index in [1.54, 1.807) is 6.07 Å². The Morgan fingerprint density at radius 3 is 2.30 bits per heavy atom. The Labute approximate surface area is 124 Å². The van der Waals surface area contributed by atoms with Gasteiger partial charge in [-0.05, 0) is 41.7 Å². The molecule has 1 atom stereocenters. The quantitative estimate of drug-likeness (QED) is 0.450. The van der Waals surface area contributed by atoms with Crippen molar-refractivity contribution < 1.29 is 0 Å². The maximum atomic E-state index is 6.02. The van der Waals surface area contributed by atoms with Gasteiger partial charge in [-0.2, -0.15) is 0 Å². The van der Waals surface area contributed by atoms with E-state index in [9.17, 15) is 0 Å². The number of nitrogens with one attached hydrogen (secondary N) is 1. The molecule has 0 aliphatic rings. The molecule has 5 N–H and O–H groups in total. The fraction of sp³-hybridized carbons (Fsp3) is 0.250. The number of rotatable bonds is 5. The molecule has 0 saturated heterocycles. The van der Waals surface area contributed by atoms with Gasteiger partial charge in [-0.1, -0.05) is 48.9 Å². The predicted octanol–water partition coefficient (Wildman–Crippen LogP) is 3.23. The molecule has 0 spiro atoms. The van der Waals surface area contributed by atoms with E-state index in [0.29, 0.717) is 10.7 Å². The maximum absolute atomic E-state index is 6.02. The number of halogens is 1. The second-order valence-corrected chi connectivity index (χ2v) is 5.30. The van der Waals surface area contributed by atoms with Crippen LogP contribution in [0.25, 0.3) is 0 Å². The van der Waals surface area contributed by atoms with E-state index in [2.05, 4.69) is 36.6 Å². The van der Waals surface area contributed by atoms with Crippen molar-refractivity contribution in [1.29, 1.82) is 0 Å². The Hall–Kier alpha value is -1.55. The molecule has 0 bridgehead atoms. The summed E-state index contributed by atoms with van der Waals surface area (Å²) in [5, 5.41) is 0.634. The molecule has 0 aromatic heterocycles. The molecule has 3 nitrogen and oxygen atoms in total. The largest absolute Gasteiger partial charge is 0.398 e. The highest BCUT2D eigenvalue weighted by Gasteiger charge is 2.13. The van der Waals surface area contributed by atoms with Crippen LogP contribution in [0.1, 0.15) is 29.7 Å². The minimum atomic E-state index is -0.0280. The minimum Gasteiger partial charge on any atom is -0.398 e. The molecule has 4 heteroatoms. The Bertz CT molecular complexity index is 566. The summed E-state index contributed by atoms with van der Waals surface area (Å²) in [6, 6.07) is 14.0. The number of nitrogen functional groups attached to an aromatic ring is 1. The fourth-order valence-electron chi connectivity index (χ4n) is 2.27. The van der Waals surface area contributed by atoms with E-state index in [1.165, 1.54) is 11.1 Å². The average molecular weight is 290 g/mol. The van der Waals surface area contributed by atoms with E-state index in [0.717, 1.165) is 18.4 Å². The molecule has 0 aliphatic heterocycles. The number of hydrogen-bond acceptors (Lipinski definition) is 3. The lowest BCUT2D eigenvalue weighted by molar-refractivity contribution is 0.553. The second kappa shape index (κ2) is 6.75. The van der Waals surface area contributed by atoms with Gasteiger partial charge in [0.05, 0.1) is 6.04 Å². The molecule has 0 radical (unpaired) electrons. The van der Waals surface area contributed by atoms with E-state index < -0.39 is 0 Å². The zero-order chi connectivity index (χ0) is 14.5. The van der Waals surface area contributed by atoms with Gasteiger partial charge in [0.2, 0.25) is 0 Å². The van der Waals surface area contributed by atoms with Crippen LogP contribution in [0.15, 0.2) is 42.5 Å². The summed E-state index contributed by atoms with van der Waals surface area (Å²) in [4.78, 5) is 0. The number of benzene rings is 2. The molecule has 2 aromatic carbocycles. The van der Waals surface area contributed by atoms with Gasteiger partial charge >= 0.3 is 0 Å². The van der Waals surface area contributed by atoms with Gasteiger partial charge in [0.25, 0.3) is 0 Å². The molecule has 106 valence electrons. The van der Waals surface area contributed by atoms with E-state index in [-0.39, 0.29) is 6.04 Å². The predicted molar refractivity (Wildman–Crippen MR) is 85.5 cm³/mol. The molecule has 0 amide bonds. The molecule has 20 heavy (non-hydrogen) atoms. The first-order valence-corrected chi connectivity index (χ1v) is 7.10. The van der Waals surface area contributed by atoms with Crippen molar-refractivity contribution in [3.63, 3.8) is 0 Å². The van der Waals surface area contributed by atoms with Crippen LogP contribution in [0.4, 0.5) is 5.69 Å². The molecular weight excluding hydrogens is 270 g/mol. The summed E-state index contributed by atoms with van der Waals surface area (Å²) < 4.78 is 0. The van der Waals surface area contributed by atoms with Gasteiger partial charge in [-0.3, -0.25) is 11.3 Å². The second-order valence-electron chi connectivity index (χ2n) is 4.87. The van der Waals surface area contributed by atoms with Crippen molar-refractivity contribution >= 4 is 17.3 Å². The average Bonchev–Trinajstić information content (AvgIpc) is 2.46. The summed E-state index contributed by atoms with van der Waals surface area (Å²) in [6.45, 7) is 2.15. The summed E-state index contributed by atoms with van der Waals surface area (Å²) >= 11 is 5.93. The van der Waals surface area contributed by atoms with Crippen molar-refractivity contribution in [3.8, 4) is 0 Å².